The lowest BCUT2D eigenvalue weighted by molar-refractivity contribution is -0.264. The second-order valence-corrected chi connectivity index (χ2v) is 3.26. The molecule has 1 unspecified atom stereocenters. The quantitative estimate of drug-likeness (QED) is 0.774. The third kappa shape index (κ3) is 2.17. The molecule has 0 saturated heterocycles. The third-order valence-electron chi connectivity index (χ3n) is 2.40. The number of hydrogen-bond acceptors (Lipinski definition) is 3. The Hall–Kier alpha value is -0.970. The average molecular weight is 214 g/mol. The van der Waals surface area contributed by atoms with Gasteiger partial charge in [0.2, 0.25) is 5.79 Å². The fraction of sp³-hybridized carbons (Fsp3) is 0.455. The van der Waals surface area contributed by atoms with Crippen molar-refractivity contribution in [3.05, 3.63) is 35.6 Å². The Labute approximate surface area is 88.4 Å². The van der Waals surface area contributed by atoms with Gasteiger partial charge in [0.1, 0.15) is 11.9 Å². The Morgan fingerprint density at radius 1 is 1.20 bits per heavy atom. The van der Waals surface area contributed by atoms with E-state index >= 15 is 0 Å². The number of halogens is 1. The molecule has 0 saturated carbocycles. The maximum Gasteiger partial charge on any atom is 0.221 e. The summed E-state index contributed by atoms with van der Waals surface area (Å²) in [5, 5.41) is 9.64. The molecule has 1 atom stereocenters. The molecular formula is C11H15FO3. The number of methoxy groups -OCH3 is 2. The Morgan fingerprint density at radius 3 is 2.00 bits per heavy atom. The molecule has 84 valence electrons. The number of aliphatic hydroxyl groups is 1. The van der Waals surface area contributed by atoms with Gasteiger partial charge in [-0.2, -0.15) is 0 Å². The molecule has 3 nitrogen and oxygen atoms in total. The molecule has 0 aliphatic carbocycles. The highest BCUT2D eigenvalue weighted by Crippen LogP contribution is 2.29. The van der Waals surface area contributed by atoms with Crippen LogP contribution in [0, 0.1) is 5.82 Å². The third-order valence-corrected chi connectivity index (χ3v) is 2.40. The standard InChI is InChI=1S/C11H15FO3/c1-8(13)11(14-2,15-3)9-4-6-10(12)7-5-9/h4-8,13H,1-3H3. The normalized spacial score (nSPS) is 13.9. The van der Waals surface area contributed by atoms with Crippen molar-refractivity contribution in [1.29, 1.82) is 0 Å². The van der Waals surface area contributed by atoms with Gasteiger partial charge in [-0.15, -0.1) is 0 Å². The number of ether oxygens (including phenoxy) is 2. The fourth-order valence-corrected chi connectivity index (χ4v) is 1.58. The molecule has 0 spiro atoms. The summed E-state index contributed by atoms with van der Waals surface area (Å²) in [5.74, 6) is -1.58. The molecule has 15 heavy (non-hydrogen) atoms. The van der Waals surface area contributed by atoms with Gasteiger partial charge in [-0.1, -0.05) is 12.1 Å². The molecule has 4 heteroatoms. The Bertz CT molecular complexity index is 304. The van der Waals surface area contributed by atoms with Crippen molar-refractivity contribution in [3.63, 3.8) is 0 Å². The minimum atomic E-state index is -1.24. The molecule has 0 aliphatic heterocycles. The van der Waals surface area contributed by atoms with Gasteiger partial charge in [-0.3, -0.25) is 0 Å². The van der Waals surface area contributed by atoms with Crippen LogP contribution >= 0.6 is 0 Å². The average Bonchev–Trinajstić information content (AvgIpc) is 2.22. The van der Waals surface area contributed by atoms with Crippen LogP contribution in [0.5, 0.6) is 0 Å². The summed E-state index contributed by atoms with van der Waals surface area (Å²) in [7, 11) is 2.86. The predicted molar refractivity (Wildman–Crippen MR) is 53.8 cm³/mol. The van der Waals surface area contributed by atoms with Crippen molar-refractivity contribution in [2.24, 2.45) is 0 Å². The molecule has 0 aliphatic rings. The van der Waals surface area contributed by atoms with Crippen molar-refractivity contribution in [2.75, 3.05) is 14.2 Å². The van der Waals surface area contributed by atoms with E-state index in [2.05, 4.69) is 0 Å². The van der Waals surface area contributed by atoms with Crippen molar-refractivity contribution < 1.29 is 19.0 Å². The van der Waals surface area contributed by atoms with E-state index in [0.717, 1.165) is 0 Å². The Balaban J connectivity index is 3.14. The SMILES string of the molecule is COC(OC)(c1ccc(F)cc1)C(C)O. The minimum Gasteiger partial charge on any atom is -0.387 e. The Kier molecular flexibility index (Phi) is 3.79. The van der Waals surface area contributed by atoms with E-state index in [4.69, 9.17) is 9.47 Å². The van der Waals surface area contributed by atoms with Crippen LogP contribution in [0.1, 0.15) is 12.5 Å². The van der Waals surface area contributed by atoms with Gasteiger partial charge < -0.3 is 14.6 Å². The summed E-state index contributed by atoms with van der Waals surface area (Å²) in [5.41, 5.74) is 0.573. The van der Waals surface area contributed by atoms with Crippen molar-refractivity contribution in [1.82, 2.24) is 0 Å². The minimum absolute atomic E-state index is 0.342. The summed E-state index contributed by atoms with van der Waals surface area (Å²) in [6.07, 6.45) is -0.863. The van der Waals surface area contributed by atoms with Crippen molar-refractivity contribution >= 4 is 0 Å². The lowest BCUT2D eigenvalue weighted by Crippen LogP contribution is -2.41. The number of benzene rings is 1. The number of rotatable bonds is 4. The molecule has 0 aromatic heterocycles. The number of hydrogen-bond donors (Lipinski definition) is 1. The molecular weight excluding hydrogens is 199 g/mol. The van der Waals surface area contributed by atoms with E-state index in [1.807, 2.05) is 0 Å². The maximum atomic E-state index is 12.7. The summed E-state index contributed by atoms with van der Waals surface area (Å²) in [6, 6.07) is 5.64. The van der Waals surface area contributed by atoms with Gasteiger partial charge in [-0.05, 0) is 19.1 Å². The molecule has 1 rings (SSSR count). The van der Waals surface area contributed by atoms with Crippen LogP contribution in [-0.4, -0.2) is 25.4 Å². The van der Waals surface area contributed by atoms with E-state index < -0.39 is 11.9 Å². The highest BCUT2D eigenvalue weighted by atomic mass is 19.1. The second-order valence-electron chi connectivity index (χ2n) is 3.26. The zero-order valence-electron chi connectivity index (χ0n) is 9.03. The van der Waals surface area contributed by atoms with Gasteiger partial charge in [-0.25, -0.2) is 4.39 Å². The largest absolute Gasteiger partial charge is 0.387 e. The van der Waals surface area contributed by atoms with E-state index in [9.17, 15) is 9.50 Å². The van der Waals surface area contributed by atoms with Crippen molar-refractivity contribution in [3.8, 4) is 0 Å². The van der Waals surface area contributed by atoms with Crippen LogP contribution in [0.2, 0.25) is 0 Å². The molecule has 0 amide bonds. The smallest absolute Gasteiger partial charge is 0.221 e. The second kappa shape index (κ2) is 4.70. The predicted octanol–water partition coefficient (Wildman–Crippen LogP) is 1.65. The monoisotopic (exact) mass is 214 g/mol. The summed E-state index contributed by atoms with van der Waals surface area (Å²) >= 11 is 0. The maximum absolute atomic E-state index is 12.7. The van der Waals surface area contributed by atoms with Crippen LogP contribution in [0.4, 0.5) is 4.39 Å². The molecule has 1 N–H and O–H groups in total. The van der Waals surface area contributed by atoms with Gasteiger partial charge in [0, 0.05) is 19.8 Å². The van der Waals surface area contributed by atoms with E-state index in [-0.39, 0.29) is 5.82 Å². The molecule has 1 aromatic rings. The summed E-state index contributed by atoms with van der Waals surface area (Å²) in [6.45, 7) is 1.55. The van der Waals surface area contributed by atoms with E-state index in [0.29, 0.717) is 5.56 Å². The fourth-order valence-electron chi connectivity index (χ4n) is 1.58. The molecule has 0 heterocycles. The Morgan fingerprint density at radius 2 is 1.67 bits per heavy atom. The first-order valence-corrected chi connectivity index (χ1v) is 4.61. The lowest BCUT2D eigenvalue weighted by atomic mass is 10.0. The first-order valence-electron chi connectivity index (χ1n) is 4.61. The van der Waals surface area contributed by atoms with Crippen LogP contribution in [0.3, 0.4) is 0 Å². The van der Waals surface area contributed by atoms with E-state index in [1.165, 1.54) is 38.5 Å². The molecule has 1 aromatic carbocycles. The van der Waals surface area contributed by atoms with E-state index in [1.54, 1.807) is 6.92 Å². The van der Waals surface area contributed by atoms with Crippen LogP contribution < -0.4 is 0 Å². The zero-order valence-corrected chi connectivity index (χ0v) is 9.03. The van der Waals surface area contributed by atoms with Gasteiger partial charge >= 0.3 is 0 Å². The highest BCUT2D eigenvalue weighted by molar-refractivity contribution is 5.22. The lowest BCUT2D eigenvalue weighted by Gasteiger charge is -2.33. The molecule has 0 bridgehead atoms. The number of aliphatic hydroxyl groups excluding tert-OH is 1. The summed E-state index contributed by atoms with van der Waals surface area (Å²) in [4.78, 5) is 0. The van der Waals surface area contributed by atoms with Crippen LogP contribution in [0.25, 0.3) is 0 Å². The van der Waals surface area contributed by atoms with Crippen LogP contribution in [-0.2, 0) is 15.3 Å². The molecule has 0 radical (unpaired) electrons. The summed E-state index contributed by atoms with van der Waals surface area (Å²) < 4.78 is 23.1. The highest BCUT2D eigenvalue weighted by Gasteiger charge is 2.37. The molecule has 0 fully saturated rings. The zero-order chi connectivity index (χ0) is 11.5. The van der Waals surface area contributed by atoms with Gasteiger partial charge in [0.25, 0.3) is 0 Å². The van der Waals surface area contributed by atoms with Crippen LogP contribution in [0.15, 0.2) is 24.3 Å². The van der Waals surface area contributed by atoms with Gasteiger partial charge in [0.15, 0.2) is 0 Å². The first kappa shape index (κ1) is 12.1. The first-order chi connectivity index (χ1) is 7.06. The van der Waals surface area contributed by atoms with Crippen molar-refractivity contribution in [2.45, 2.75) is 18.8 Å². The van der Waals surface area contributed by atoms with Gasteiger partial charge in [0.05, 0.1) is 0 Å². The topological polar surface area (TPSA) is 38.7 Å².